The van der Waals surface area contributed by atoms with E-state index in [1.54, 1.807) is 0 Å². The smallest absolute Gasteiger partial charge is 0.263 e. The zero-order valence-electron chi connectivity index (χ0n) is 13.8. The van der Waals surface area contributed by atoms with Crippen LogP contribution in [0, 0.1) is 17.3 Å². The molecule has 0 aromatic carbocycles. The summed E-state index contributed by atoms with van der Waals surface area (Å²) in [6, 6.07) is 3.77. The van der Waals surface area contributed by atoms with Crippen LogP contribution in [0.15, 0.2) is 17.5 Å². The molecule has 2 saturated heterocycles. The van der Waals surface area contributed by atoms with E-state index in [0.717, 1.165) is 24.3 Å². The quantitative estimate of drug-likeness (QED) is 0.907. The molecule has 1 saturated carbocycles. The number of nitrogens with one attached hydrogen (secondary N) is 1. The molecule has 1 aromatic heterocycles. The summed E-state index contributed by atoms with van der Waals surface area (Å²) in [5.74, 6) is 0.757. The minimum absolute atomic E-state index is 0.0633. The number of hydrogen-bond acceptors (Lipinski definition) is 4. The predicted molar refractivity (Wildman–Crippen MR) is 91.9 cm³/mol. The number of likely N-dealkylation sites (tertiary alicyclic amines) is 1. The molecule has 4 rings (SSSR count). The Hall–Kier alpha value is -1.40. The standard InChI is InChI=1S/C18H24N2O3S/c21-16(19-10-13-3-4-13)14-11-20(17(22)15-2-1-9-24-15)12-18(14)5-7-23-8-6-18/h1-2,9,13-14H,3-8,10-12H2,(H,19,21). The summed E-state index contributed by atoms with van der Waals surface area (Å²) >= 11 is 1.47. The summed E-state index contributed by atoms with van der Waals surface area (Å²) in [5.41, 5.74) is -0.112. The Kier molecular flexibility index (Phi) is 4.35. The first-order valence-corrected chi connectivity index (χ1v) is 9.74. The molecule has 2 aliphatic heterocycles. The number of carbonyl (C=O) groups excluding carboxylic acids is 2. The average Bonchev–Trinajstić information content (AvgIpc) is 3.13. The molecule has 1 spiro atoms. The van der Waals surface area contributed by atoms with Crippen molar-refractivity contribution >= 4 is 23.2 Å². The van der Waals surface area contributed by atoms with Crippen molar-refractivity contribution in [3.05, 3.63) is 22.4 Å². The highest BCUT2D eigenvalue weighted by atomic mass is 32.1. The Morgan fingerprint density at radius 2 is 2.12 bits per heavy atom. The van der Waals surface area contributed by atoms with Gasteiger partial charge in [0.1, 0.15) is 0 Å². The Bertz CT molecular complexity index is 606. The van der Waals surface area contributed by atoms with Gasteiger partial charge in [0.2, 0.25) is 5.91 Å². The zero-order chi connectivity index (χ0) is 16.6. The molecule has 1 aliphatic carbocycles. The molecule has 1 unspecified atom stereocenters. The lowest BCUT2D eigenvalue weighted by Gasteiger charge is -2.37. The number of nitrogens with zero attached hydrogens (tertiary/aromatic N) is 1. The lowest BCUT2D eigenvalue weighted by atomic mass is 9.71. The number of carbonyl (C=O) groups is 2. The molecular formula is C18H24N2O3S. The van der Waals surface area contributed by atoms with Crippen molar-refractivity contribution in [1.82, 2.24) is 10.2 Å². The van der Waals surface area contributed by atoms with Gasteiger partial charge >= 0.3 is 0 Å². The maximum Gasteiger partial charge on any atom is 0.263 e. The Labute approximate surface area is 146 Å². The molecule has 3 aliphatic rings. The van der Waals surface area contributed by atoms with Crippen LogP contribution < -0.4 is 5.32 Å². The predicted octanol–water partition coefficient (Wildman–Crippen LogP) is 2.14. The average molecular weight is 348 g/mol. The third-order valence-corrected chi connectivity index (χ3v) is 6.59. The minimum atomic E-state index is -0.112. The summed E-state index contributed by atoms with van der Waals surface area (Å²) < 4.78 is 5.53. The van der Waals surface area contributed by atoms with Crippen LogP contribution in [0.2, 0.25) is 0 Å². The molecule has 1 N–H and O–H groups in total. The monoisotopic (exact) mass is 348 g/mol. The third kappa shape index (κ3) is 3.09. The van der Waals surface area contributed by atoms with E-state index in [0.29, 0.717) is 32.2 Å². The van der Waals surface area contributed by atoms with Crippen molar-refractivity contribution < 1.29 is 14.3 Å². The fourth-order valence-corrected chi connectivity index (χ4v) is 4.71. The minimum Gasteiger partial charge on any atom is -0.381 e. The van der Waals surface area contributed by atoms with E-state index in [2.05, 4.69) is 5.32 Å². The first-order valence-electron chi connectivity index (χ1n) is 8.86. The van der Waals surface area contributed by atoms with Crippen LogP contribution in [0.25, 0.3) is 0 Å². The van der Waals surface area contributed by atoms with Gasteiger partial charge in [-0.1, -0.05) is 6.07 Å². The number of hydrogen-bond donors (Lipinski definition) is 1. The van der Waals surface area contributed by atoms with Gasteiger partial charge in [-0.05, 0) is 43.0 Å². The van der Waals surface area contributed by atoms with Crippen LogP contribution >= 0.6 is 11.3 Å². The second-order valence-electron chi connectivity index (χ2n) is 7.38. The van der Waals surface area contributed by atoms with Crippen LogP contribution in [0.1, 0.15) is 35.4 Å². The first kappa shape index (κ1) is 16.1. The van der Waals surface area contributed by atoms with Crippen LogP contribution in [-0.4, -0.2) is 49.6 Å². The Morgan fingerprint density at radius 1 is 1.33 bits per heavy atom. The van der Waals surface area contributed by atoms with Crippen LogP contribution in [0.5, 0.6) is 0 Å². The van der Waals surface area contributed by atoms with Gasteiger partial charge in [0.15, 0.2) is 0 Å². The molecule has 1 atom stereocenters. The fourth-order valence-electron chi connectivity index (χ4n) is 4.02. The van der Waals surface area contributed by atoms with Crippen LogP contribution in [0.4, 0.5) is 0 Å². The van der Waals surface area contributed by atoms with Crippen molar-refractivity contribution in [1.29, 1.82) is 0 Å². The lowest BCUT2D eigenvalue weighted by molar-refractivity contribution is -0.129. The van der Waals surface area contributed by atoms with Crippen LogP contribution in [-0.2, 0) is 9.53 Å². The lowest BCUT2D eigenvalue weighted by Crippen LogP contribution is -2.44. The van der Waals surface area contributed by atoms with Gasteiger partial charge in [0.25, 0.3) is 5.91 Å². The maximum atomic E-state index is 12.8. The van der Waals surface area contributed by atoms with Gasteiger partial charge in [-0.3, -0.25) is 9.59 Å². The van der Waals surface area contributed by atoms with Gasteiger partial charge in [-0.25, -0.2) is 0 Å². The van der Waals surface area contributed by atoms with E-state index in [1.807, 2.05) is 22.4 Å². The second kappa shape index (κ2) is 6.48. The molecule has 1 aromatic rings. The number of thiophene rings is 1. The maximum absolute atomic E-state index is 12.8. The zero-order valence-corrected chi connectivity index (χ0v) is 14.6. The van der Waals surface area contributed by atoms with Gasteiger partial charge < -0.3 is 15.0 Å². The van der Waals surface area contributed by atoms with E-state index < -0.39 is 0 Å². The Morgan fingerprint density at radius 3 is 2.79 bits per heavy atom. The fraction of sp³-hybridized carbons (Fsp3) is 0.667. The highest BCUT2D eigenvalue weighted by Gasteiger charge is 2.51. The summed E-state index contributed by atoms with van der Waals surface area (Å²) in [5, 5.41) is 5.06. The third-order valence-electron chi connectivity index (χ3n) is 5.73. The van der Waals surface area contributed by atoms with Crippen LogP contribution in [0.3, 0.4) is 0 Å². The SMILES string of the molecule is O=C(NCC1CC1)C1CN(C(=O)c2cccs2)CC12CCOCC2. The molecule has 0 bridgehead atoms. The van der Waals surface area contributed by atoms with E-state index in [-0.39, 0.29) is 23.1 Å². The number of rotatable bonds is 4. The molecule has 6 heteroatoms. The van der Waals surface area contributed by atoms with Crippen molar-refractivity contribution in [2.24, 2.45) is 17.3 Å². The number of amides is 2. The summed E-state index contributed by atoms with van der Waals surface area (Å²) in [7, 11) is 0. The van der Waals surface area contributed by atoms with Crippen molar-refractivity contribution in [3.63, 3.8) is 0 Å². The van der Waals surface area contributed by atoms with Gasteiger partial charge in [0, 0.05) is 38.3 Å². The van der Waals surface area contributed by atoms with Gasteiger partial charge in [0.05, 0.1) is 10.8 Å². The van der Waals surface area contributed by atoms with E-state index >= 15 is 0 Å². The van der Waals surface area contributed by atoms with Crippen molar-refractivity contribution in [2.45, 2.75) is 25.7 Å². The molecule has 0 radical (unpaired) electrons. The highest BCUT2D eigenvalue weighted by Crippen LogP contribution is 2.45. The molecular weight excluding hydrogens is 324 g/mol. The topological polar surface area (TPSA) is 58.6 Å². The van der Waals surface area contributed by atoms with Crippen molar-refractivity contribution in [2.75, 3.05) is 32.8 Å². The van der Waals surface area contributed by atoms with E-state index in [9.17, 15) is 9.59 Å². The summed E-state index contributed by atoms with van der Waals surface area (Å²) in [6.45, 7) is 3.38. The molecule has 24 heavy (non-hydrogen) atoms. The first-order chi connectivity index (χ1) is 11.7. The van der Waals surface area contributed by atoms with Crippen molar-refractivity contribution in [3.8, 4) is 0 Å². The second-order valence-corrected chi connectivity index (χ2v) is 8.33. The highest BCUT2D eigenvalue weighted by molar-refractivity contribution is 7.12. The molecule has 3 heterocycles. The molecule has 2 amide bonds. The largest absolute Gasteiger partial charge is 0.381 e. The molecule has 5 nitrogen and oxygen atoms in total. The number of ether oxygens (including phenoxy) is 1. The Balaban J connectivity index is 1.50. The summed E-state index contributed by atoms with van der Waals surface area (Å²) in [4.78, 5) is 28.2. The van der Waals surface area contributed by atoms with Gasteiger partial charge in [-0.2, -0.15) is 0 Å². The van der Waals surface area contributed by atoms with E-state index in [1.165, 1.54) is 24.2 Å². The van der Waals surface area contributed by atoms with E-state index in [4.69, 9.17) is 4.74 Å². The van der Waals surface area contributed by atoms with Gasteiger partial charge in [-0.15, -0.1) is 11.3 Å². The normalized spacial score (nSPS) is 25.8. The molecule has 130 valence electrons. The summed E-state index contributed by atoms with van der Waals surface area (Å²) in [6.07, 6.45) is 4.19. The molecule has 3 fully saturated rings.